The van der Waals surface area contributed by atoms with E-state index in [9.17, 15) is 25.3 Å². The van der Waals surface area contributed by atoms with Crippen LogP contribution in [0.5, 0.6) is 0 Å². The van der Waals surface area contributed by atoms with Crippen LogP contribution in [0.15, 0.2) is 91.0 Å². The number of benzene rings is 3. The van der Waals surface area contributed by atoms with Gasteiger partial charge in [0.05, 0.1) is 17.3 Å². The van der Waals surface area contributed by atoms with E-state index in [4.69, 9.17) is 11.6 Å². The lowest BCUT2D eigenvalue weighted by atomic mass is 10.1. The average Bonchev–Trinajstić information content (AvgIpc) is 2.98. The summed E-state index contributed by atoms with van der Waals surface area (Å²) in [6.45, 7) is 0.413. The minimum atomic E-state index is -3.83. The first-order chi connectivity index (χ1) is 21.0. The third kappa shape index (κ3) is 10.1. The molecule has 0 unspecified atom stereocenters. The first kappa shape index (κ1) is 34.6. The summed E-state index contributed by atoms with van der Waals surface area (Å²) < 4.78 is 85.9. The standard InChI is InChI=1S/C31H40ClN3O6S3/c32-22-31-23-34(43(38,39)26-29-14-6-2-7-15-29)20-10-18-33(42(36,37)25-28-12-4-1-5-13-28)19-11-21-35(24-31)44(40,41)27-30-16-8-3-9-17-30/h1-9,12-17,31H,10-11,18-27H2. The minimum Gasteiger partial charge on any atom is -0.212 e. The Morgan fingerprint density at radius 3 is 1.11 bits per heavy atom. The predicted octanol–water partition coefficient (Wildman–Crippen LogP) is 4.13. The second-order valence-electron chi connectivity index (χ2n) is 11.1. The fourth-order valence-electron chi connectivity index (χ4n) is 5.28. The maximum Gasteiger partial charge on any atom is 0.218 e. The van der Waals surface area contributed by atoms with Crippen LogP contribution in [0.1, 0.15) is 29.5 Å². The van der Waals surface area contributed by atoms with E-state index in [1.165, 1.54) is 12.9 Å². The summed E-state index contributed by atoms with van der Waals surface area (Å²) in [4.78, 5) is 0. The second-order valence-corrected chi connectivity index (χ2v) is 17.3. The number of nitrogens with zero attached hydrogens (tertiary/aromatic N) is 3. The van der Waals surface area contributed by atoms with E-state index in [-0.39, 0.29) is 75.2 Å². The van der Waals surface area contributed by atoms with Crippen LogP contribution in [-0.2, 0) is 47.3 Å². The Bertz CT molecular complexity index is 1560. The molecule has 0 spiro atoms. The zero-order chi connectivity index (χ0) is 31.6. The van der Waals surface area contributed by atoms with Gasteiger partial charge in [-0.3, -0.25) is 0 Å². The van der Waals surface area contributed by atoms with Crippen molar-refractivity contribution in [3.05, 3.63) is 108 Å². The van der Waals surface area contributed by atoms with Crippen LogP contribution in [-0.4, -0.2) is 83.3 Å². The molecule has 9 nitrogen and oxygen atoms in total. The Balaban J connectivity index is 1.63. The predicted molar refractivity (Wildman–Crippen MR) is 175 cm³/mol. The second kappa shape index (κ2) is 15.8. The lowest BCUT2D eigenvalue weighted by Gasteiger charge is -2.32. The van der Waals surface area contributed by atoms with Gasteiger partial charge in [0.15, 0.2) is 0 Å². The minimum absolute atomic E-state index is 0.0206. The highest BCUT2D eigenvalue weighted by molar-refractivity contribution is 7.88. The normalized spacial score (nSPS) is 17.9. The van der Waals surface area contributed by atoms with Gasteiger partial charge in [-0.2, -0.15) is 0 Å². The van der Waals surface area contributed by atoms with Gasteiger partial charge in [-0.1, -0.05) is 91.0 Å². The number of sulfonamides is 3. The molecule has 1 saturated heterocycles. The van der Waals surface area contributed by atoms with Crippen molar-refractivity contribution in [2.24, 2.45) is 5.92 Å². The van der Waals surface area contributed by atoms with Gasteiger partial charge in [0, 0.05) is 51.1 Å². The van der Waals surface area contributed by atoms with Gasteiger partial charge in [-0.15, -0.1) is 11.6 Å². The smallest absolute Gasteiger partial charge is 0.212 e. The van der Waals surface area contributed by atoms with Gasteiger partial charge in [-0.25, -0.2) is 38.2 Å². The molecule has 13 heteroatoms. The number of rotatable bonds is 10. The Labute approximate surface area is 267 Å². The topological polar surface area (TPSA) is 112 Å². The van der Waals surface area contributed by atoms with E-state index in [1.54, 1.807) is 72.8 Å². The molecule has 240 valence electrons. The van der Waals surface area contributed by atoms with Crippen LogP contribution in [0.4, 0.5) is 0 Å². The molecule has 4 rings (SSSR count). The molecule has 0 N–H and O–H groups in total. The Hall–Kier alpha value is -2.32. The lowest BCUT2D eigenvalue weighted by molar-refractivity contribution is 0.271. The first-order valence-electron chi connectivity index (χ1n) is 14.6. The summed E-state index contributed by atoms with van der Waals surface area (Å²) in [5.74, 6) is -1.06. The van der Waals surface area contributed by atoms with Crippen LogP contribution in [0.25, 0.3) is 0 Å². The fraction of sp³-hybridized carbons (Fsp3) is 0.419. The van der Waals surface area contributed by atoms with E-state index in [0.29, 0.717) is 16.7 Å². The van der Waals surface area contributed by atoms with Gasteiger partial charge in [0.2, 0.25) is 30.1 Å². The van der Waals surface area contributed by atoms with E-state index >= 15 is 0 Å². The molecule has 44 heavy (non-hydrogen) atoms. The number of hydrogen-bond acceptors (Lipinski definition) is 6. The Morgan fingerprint density at radius 1 is 0.500 bits per heavy atom. The van der Waals surface area contributed by atoms with E-state index in [0.717, 1.165) is 0 Å². The maximum absolute atomic E-state index is 13.7. The van der Waals surface area contributed by atoms with Crippen LogP contribution in [0.2, 0.25) is 0 Å². The molecular formula is C31H40ClN3O6S3. The van der Waals surface area contributed by atoms with Crippen LogP contribution in [0.3, 0.4) is 0 Å². The van der Waals surface area contributed by atoms with Gasteiger partial charge in [0.1, 0.15) is 0 Å². The van der Waals surface area contributed by atoms with Crippen molar-refractivity contribution in [3.63, 3.8) is 0 Å². The van der Waals surface area contributed by atoms with Crippen molar-refractivity contribution in [1.29, 1.82) is 0 Å². The highest BCUT2D eigenvalue weighted by Gasteiger charge is 2.32. The molecule has 1 aliphatic heterocycles. The van der Waals surface area contributed by atoms with Crippen LogP contribution in [0, 0.1) is 5.92 Å². The van der Waals surface area contributed by atoms with Crippen molar-refractivity contribution in [2.75, 3.05) is 45.1 Å². The van der Waals surface area contributed by atoms with Crippen molar-refractivity contribution in [1.82, 2.24) is 12.9 Å². The summed E-state index contributed by atoms with van der Waals surface area (Å²) >= 11 is 6.35. The average molecular weight is 682 g/mol. The molecule has 0 radical (unpaired) electrons. The zero-order valence-electron chi connectivity index (χ0n) is 24.6. The first-order valence-corrected chi connectivity index (χ1v) is 20.0. The molecule has 0 saturated carbocycles. The quantitative estimate of drug-likeness (QED) is 0.298. The molecule has 0 atom stereocenters. The zero-order valence-corrected chi connectivity index (χ0v) is 27.8. The Morgan fingerprint density at radius 2 is 0.795 bits per heavy atom. The molecule has 0 amide bonds. The van der Waals surface area contributed by atoms with Crippen molar-refractivity contribution in [3.8, 4) is 0 Å². The largest absolute Gasteiger partial charge is 0.218 e. The summed E-state index contributed by atoms with van der Waals surface area (Å²) in [7, 11) is -11.4. The molecule has 1 heterocycles. The molecule has 3 aromatic carbocycles. The SMILES string of the molecule is O=S(=O)(Cc1ccccc1)N1CCCN(S(=O)(=O)Cc2ccccc2)CC(CCl)CN(S(=O)(=O)Cc2ccccc2)CCC1. The van der Waals surface area contributed by atoms with E-state index in [2.05, 4.69) is 0 Å². The van der Waals surface area contributed by atoms with Crippen LogP contribution >= 0.6 is 11.6 Å². The third-order valence-corrected chi connectivity index (χ3v) is 13.4. The summed E-state index contributed by atoms with van der Waals surface area (Å²) in [5.41, 5.74) is 1.89. The summed E-state index contributed by atoms with van der Waals surface area (Å²) in [6.07, 6.45) is 0.570. The number of alkyl halides is 1. The van der Waals surface area contributed by atoms with Gasteiger partial charge in [-0.05, 0) is 29.5 Å². The molecule has 0 bridgehead atoms. The summed E-state index contributed by atoms with van der Waals surface area (Å²) in [6, 6.07) is 26.5. The third-order valence-electron chi connectivity index (χ3n) is 7.53. The van der Waals surface area contributed by atoms with Crippen molar-refractivity contribution >= 4 is 41.7 Å². The Kier molecular flexibility index (Phi) is 12.4. The molecular weight excluding hydrogens is 642 g/mol. The van der Waals surface area contributed by atoms with Crippen molar-refractivity contribution < 1.29 is 25.3 Å². The van der Waals surface area contributed by atoms with Crippen LogP contribution < -0.4 is 0 Å². The highest BCUT2D eigenvalue weighted by atomic mass is 35.5. The van der Waals surface area contributed by atoms with Crippen molar-refractivity contribution in [2.45, 2.75) is 30.1 Å². The van der Waals surface area contributed by atoms with E-state index < -0.39 is 36.0 Å². The number of halogens is 1. The monoisotopic (exact) mass is 681 g/mol. The molecule has 0 aliphatic carbocycles. The molecule has 0 aromatic heterocycles. The van der Waals surface area contributed by atoms with E-state index in [1.807, 2.05) is 18.2 Å². The van der Waals surface area contributed by atoms with Gasteiger partial charge in [0.25, 0.3) is 0 Å². The van der Waals surface area contributed by atoms with Gasteiger partial charge < -0.3 is 0 Å². The van der Waals surface area contributed by atoms with Gasteiger partial charge >= 0.3 is 0 Å². The number of hydrogen-bond donors (Lipinski definition) is 0. The fourth-order valence-corrected chi connectivity index (χ4v) is 10.4. The molecule has 3 aromatic rings. The highest BCUT2D eigenvalue weighted by Crippen LogP contribution is 2.21. The lowest BCUT2D eigenvalue weighted by Crippen LogP contribution is -2.46. The summed E-state index contributed by atoms with van der Waals surface area (Å²) in [5, 5.41) is 0. The molecule has 1 fully saturated rings. The molecule has 1 aliphatic rings. The maximum atomic E-state index is 13.7.